The van der Waals surface area contributed by atoms with Crippen LogP contribution in [0.1, 0.15) is 80.9 Å². The number of likely N-dealkylation sites (tertiary alicyclic amines) is 1. The van der Waals surface area contributed by atoms with Crippen LogP contribution in [0.4, 0.5) is 10.5 Å². The molecule has 0 radical (unpaired) electrons. The van der Waals surface area contributed by atoms with E-state index < -0.39 is 0 Å². The molecule has 0 spiro atoms. The van der Waals surface area contributed by atoms with Gasteiger partial charge in [0, 0.05) is 30.3 Å². The molecule has 2 aromatic carbocycles. The highest BCUT2D eigenvalue weighted by Gasteiger charge is 2.28. The van der Waals surface area contributed by atoms with Crippen LogP contribution >= 0.6 is 0 Å². The average molecular weight is 447 g/mol. The maximum absolute atomic E-state index is 13.1. The van der Waals surface area contributed by atoms with E-state index in [0.717, 1.165) is 29.7 Å². The Bertz CT molecular complexity index is 1080. The van der Waals surface area contributed by atoms with Crippen molar-refractivity contribution in [3.05, 3.63) is 65.0 Å². The van der Waals surface area contributed by atoms with Gasteiger partial charge in [0.1, 0.15) is 0 Å². The normalized spacial score (nSPS) is 14.8. The van der Waals surface area contributed by atoms with E-state index in [0.29, 0.717) is 36.6 Å². The Morgan fingerprint density at radius 1 is 1.03 bits per heavy atom. The summed E-state index contributed by atoms with van der Waals surface area (Å²) in [6, 6.07) is 14.4. The van der Waals surface area contributed by atoms with Crippen LogP contribution < -0.4 is 5.32 Å². The standard InChI is InChI=1S/C27H34N4O2/c1-17(2)22-10-7-11-23(18(3)4)24(22)28-27(32)31-14-12-20(13-15-31)26-29-25(30-33-26)21-9-6-8-19(5)16-21/h6-11,16-18,20H,12-15H2,1-5H3,(H,28,32). The summed E-state index contributed by atoms with van der Waals surface area (Å²) < 4.78 is 5.59. The fourth-order valence-electron chi connectivity index (χ4n) is 4.51. The maximum atomic E-state index is 13.1. The highest BCUT2D eigenvalue weighted by molar-refractivity contribution is 5.91. The first-order valence-corrected chi connectivity index (χ1v) is 11.9. The Morgan fingerprint density at radius 2 is 1.67 bits per heavy atom. The third-order valence-corrected chi connectivity index (χ3v) is 6.45. The van der Waals surface area contributed by atoms with Gasteiger partial charge in [-0.05, 0) is 48.8 Å². The second-order valence-corrected chi connectivity index (χ2v) is 9.64. The van der Waals surface area contributed by atoms with Gasteiger partial charge in [0.25, 0.3) is 0 Å². The van der Waals surface area contributed by atoms with Gasteiger partial charge in [0.05, 0.1) is 0 Å². The van der Waals surface area contributed by atoms with Crippen LogP contribution in [0.2, 0.25) is 0 Å². The number of nitrogens with zero attached hydrogens (tertiary/aromatic N) is 3. The van der Waals surface area contributed by atoms with Crippen molar-refractivity contribution in [1.29, 1.82) is 0 Å². The topological polar surface area (TPSA) is 71.3 Å². The van der Waals surface area contributed by atoms with Crippen molar-refractivity contribution < 1.29 is 9.32 Å². The van der Waals surface area contributed by atoms with E-state index in [2.05, 4.69) is 80.4 Å². The van der Waals surface area contributed by atoms with Crippen molar-refractivity contribution in [1.82, 2.24) is 15.0 Å². The van der Waals surface area contributed by atoms with Crippen LogP contribution in [0.3, 0.4) is 0 Å². The molecule has 1 fully saturated rings. The van der Waals surface area contributed by atoms with Crippen LogP contribution in [0.5, 0.6) is 0 Å². The van der Waals surface area contributed by atoms with Gasteiger partial charge in [-0.15, -0.1) is 0 Å². The van der Waals surface area contributed by atoms with E-state index >= 15 is 0 Å². The van der Waals surface area contributed by atoms with Crippen LogP contribution in [-0.4, -0.2) is 34.2 Å². The Balaban J connectivity index is 1.42. The monoisotopic (exact) mass is 446 g/mol. The van der Waals surface area contributed by atoms with Gasteiger partial charge >= 0.3 is 6.03 Å². The van der Waals surface area contributed by atoms with Gasteiger partial charge in [-0.3, -0.25) is 0 Å². The number of anilines is 1. The lowest BCUT2D eigenvalue weighted by atomic mass is 9.92. The predicted octanol–water partition coefficient (Wildman–Crippen LogP) is 6.70. The molecule has 1 aliphatic heterocycles. The number of hydrogen-bond acceptors (Lipinski definition) is 4. The van der Waals surface area contributed by atoms with Crippen LogP contribution in [-0.2, 0) is 0 Å². The number of para-hydroxylation sites is 1. The molecule has 6 heteroatoms. The third kappa shape index (κ3) is 5.10. The lowest BCUT2D eigenvalue weighted by Crippen LogP contribution is -2.41. The number of carbonyl (C=O) groups excluding carboxylic acids is 1. The quantitative estimate of drug-likeness (QED) is 0.473. The number of carbonyl (C=O) groups is 1. The van der Waals surface area contributed by atoms with Crippen molar-refractivity contribution in [2.45, 2.75) is 65.2 Å². The Morgan fingerprint density at radius 3 is 2.27 bits per heavy atom. The van der Waals surface area contributed by atoms with E-state index in [1.165, 1.54) is 11.1 Å². The largest absolute Gasteiger partial charge is 0.339 e. The van der Waals surface area contributed by atoms with Gasteiger partial charge in [0.15, 0.2) is 0 Å². The summed E-state index contributed by atoms with van der Waals surface area (Å²) in [5.74, 6) is 2.14. The van der Waals surface area contributed by atoms with Crippen molar-refractivity contribution >= 4 is 11.7 Å². The second-order valence-electron chi connectivity index (χ2n) is 9.64. The van der Waals surface area contributed by atoms with Crippen LogP contribution in [0.15, 0.2) is 47.0 Å². The number of piperidine rings is 1. The minimum absolute atomic E-state index is 0.0329. The molecule has 0 unspecified atom stereocenters. The molecule has 0 saturated carbocycles. The van der Waals surface area contributed by atoms with E-state index in [9.17, 15) is 4.79 Å². The number of amides is 2. The molecule has 4 rings (SSSR count). The maximum Gasteiger partial charge on any atom is 0.321 e. The minimum Gasteiger partial charge on any atom is -0.339 e. The lowest BCUT2D eigenvalue weighted by molar-refractivity contribution is 0.187. The van der Waals surface area contributed by atoms with Gasteiger partial charge in [-0.1, -0.05) is 74.8 Å². The molecule has 0 aliphatic carbocycles. The zero-order valence-electron chi connectivity index (χ0n) is 20.3. The van der Waals surface area contributed by atoms with Crippen molar-refractivity contribution in [3.63, 3.8) is 0 Å². The summed E-state index contributed by atoms with van der Waals surface area (Å²) >= 11 is 0. The predicted molar refractivity (Wildman–Crippen MR) is 132 cm³/mol. The first kappa shape index (κ1) is 23.0. The summed E-state index contributed by atoms with van der Waals surface area (Å²) in [7, 11) is 0. The lowest BCUT2D eigenvalue weighted by Gasteiger charge is -2.31. The number of benzene rings is 2. The van der Waals surface area contributed by atoms with Crippen LogP contribution in [0, 0.1) is 6.92 Å². The Labute approximate surface area is 196 Å². The fourth-order valence-corrected chi connectivity index (χ4v) is 4.51. The molecule has 2 amide bonds. The highest BCUT2D eigenvalue weighted by Crippen LogP contribution is 2.33. The molecule has 0 bridgehead atoms. The zero-order chi connectivity index (χ0) is 23.5. The summed E-state index contributed by atoms with van der Waals surface area (Å²) in [6.45, 7) is 12.0. The average Bonchev–Trinajstić information content (AvgIpc) is 3.29. The van der Waals surface area contributed by atoms with Crippen molar-refractivity contribution in [2.75, 3.05) is 18.4 Å². The smallest absolute Gasteiger partial charge is 0.321 e. The molecule has 1 aromatic heterocycles. The summed E-state index contributed by atoms with van der Waals surface area (Å²) in [6.07, 6.45) is 1.62. The molecular weight excluding hydrogens is 412 g/mol. The second kappa shape index (κ2) is 9.77. The summed E-state index contributed by atoms with van der Waals surface area (Å²) in [5.41, 5.74) is 5.46. The summed E-state index contributed by atoms with van der Waals surface area (Å²) in [4.78, 5) is 19.7. The molecule has 0 atom stereocenters. The number of aryl methyl sites for hydroxylation is 1. The van der Waals surface area contributed by atoms with Gasteiger partial charge < -0.3 is 14.7 Å². The molecule has 2 heterocycles. The number of rotatable bonds is 5. The molecule has 174 valence electrons. The molecule has 1 N–H and O–H groups in total. The van der Waals surface area contributed by atoms with Crippen LogP contribution in [0.25, 0.3) is 11.4 Å². The Hall–Kier alpha value is -3.15. The van der Waals surface area contributed by atoms with E-state index in [1.807, 2.05) is 17.0 Å². The first-order valence-electron chi connectivity index (χ1n) is 11.9. The van der Waals surface area contributed by atoms with E-state index in [-0.39, 0.29) is 11.9 Å². The van der Waals surface area contributed by atoms with E-state index in [4.69, 9.17) is 4.52 Å². The number of aromatic nitrogens is 2. The summed E-state index contributed by atoms with van der Waals surface area (Å²) in [5, 5.41) is 7.42. The molecule has 3 aromatic rings. The Kier molecular flexibility index (Phi) is 6.82. The van der Waals surface area contributed by atoms with Crippen molar-refractivity contribution in [2.24, 2.45) is 0 Å². The number of nitrogens with one attached hydrogen (secondary N) is 1. The third-order valence-electron chi connectivity index (χ3n) is 6.45. The molecule has 1 aliphatic rings. The van der Waals surface area contributed by atoms with Crippen molar-refractivity contribution in [3.8, 4) is 11.4 Å². The van der Waals surface area contributed by atoms with E-state index in [1.54, 1.807) is 0 Å². The molecule has 1 saturated heterocycles. The minimum atomic E-state index is -0.0329. The number of urea groups is 1. The zero-order valence-corrected chi connectivity index (χ0v) is 20.3. The highest BCUT2D eigenvalue weighted by atomic mass is 16.5. The van der Waals surface area contributed by atoms with Gasteiger partial charge in [-0.2, -0.15) is 4.98 Å². The first-order chi connectivity index (χ1) is 15.8. The molecule has 6 nitrogen and oxygen atoms in total. The fraction of sp³-hybridized carbons (Fsp3) is 0.444. The molecular formula is C27H34N4O2. The molecule has 33 heavy (non-hydrogen) atoms. The van der Waals surface area contributed by atoms with Gasteiger partial charge in [-0.25, -0.2) is 4.79 Å². The SMILES string of the molecule is Cc1cccc(-c2noc(C3CCN(C(=O)Nc4c(C(C)C)cccc4C(C)C)CC3)n2)c1. The number of hydrogen-bond donors (Lipinski definition) is 1. The van der Waals surface area contributed by atoms with Gasteiger partial charge in [0.2, 0.25) is 11.7 Å².